The average molecular weight is 322 g/mol. The molecule has 0 spiro atoms. The zero-order valence-electron chi connectivity index (χ0n) is 14.2. The summed E-state index contributed by atoms with van der Waals surface area (Å²) in [6.07, 6.45) is 0. The van der Waals surface area contributed by atoms with Crippen molar-refractivity contribution in [1.29, 1.82) is 0 Å². The highest BCUT2D eigenvalue weighted by molar-refractivity contribution is 5.43. The number of benzene rings is 1. The Balaban J connectivity index is 2.08. The van der Waals surface area contributed by atoms with Crippen LogP contribution in [0, 0.1) is 5.82 Å². The van der Waals surface area contributed by atoms with Crippen molar-refractivity contribution >= 4 is 0 Å². The minimum Gasteiger partial charge on any atom is -0.493 e. The third-order valence-electron chi connectivity index (χ3n) is 3.59. The van der Waals surface area contributed by atoms with E-state index in [0.29, 0.717) is 36.1 Å². The highest BCUT2D eigenvalue weighted by Gasteiger charge is 2.14. The summed E-state index contributed by atoms with van der Waals surface area (Å²) < 4.78 is 29.8. The highest BCUT2D eigenvalue weighted by atomic mass is 19.1. The lowest BCUT2D eigenvalue weighted by Crippen LogP contribution is -2.18. The smallest absolute Gasteiger partial charge is 0.163 e. The zero-order valence-corrected chi connectivity index (χ0v) is 14.2. The molecule has 6 heteroatoms. The van der Waals surface area contributed by atoms with Crippen molar-refractivity contribution in [2.75, 3.05) is 21.3 Å². The number of halogens is 1. The lowest BCUT2D eigenvalue weighted by molar-refractivity contribution is 0.261. The van der Waals surface area contributed by atoms with Gasteiger partial charge in [-0.2, -0.15) is 0 Å². The van der Waals surface area contributed by atoms with E-state index in [1.165, 1.54) is 20.3 Å². The van der Waals surface area contributed by atoms with Crippen molar-refractivity contribution in [1.82, 2.24) is 10.1 Å². The van der Waals surface area contributed by atoms with Gasteiger partial charge in [0.1, 0.15) is 5.82 Å². The first kappa shape index (κ1) is 17.3. The van der Waals surface area contributed by atoms with Crippen LogP contribution in [0.1, 0.15) is 36.8 Å². The molecule has 0 saturated heterocycles. The molecular weight excluding hydrogens is 299 g/mol. The summed E-state index contributed by atoms with van der Waals surface area (Å²) in [5.74, 6) is 1.65. The molecule has 0 N–H and O–H groups in total. The number of nitrogens with zero attached hydrogens (tertiary/aromatic N) is 2. The molecule has 0 unspecified atom stereocenters. The fourth-order valence-electron chi connectivity index (χ4n) is 2.31. The SMILES string of the molecule is COc1cc(F)c(CN(C)Cc2cc(C(C)C)no2)cc1OC. The zero-order chi connectivity index (χ0) is 17.0. The van der Waals surface area contributed by atoms with E-state index < -0.39 is 0 Å². The number of rotatable bonds is 7. The first-order valence-electron chi connectivity index (χ1n) is 7.49. The monoisotopic (exact) mass is 322 g/mol. The molecule has 1 heterocycles. The van der Waals surface area contributed by atoms with Crippen molar-refractivity contribution < 1.29 is 18.4 Å². The lowest BCUT2D eigenvalue weighted by atomic mass is 10.1. The first-order chi connectivity index (χ1) is 10.9. The number of methoxy groups -OCH3 is 2. The molecule has 2 rings (SSSR count). The molecule has 0 aliphatic heterocycles. The van der Waals surface area contributed by atoms with Crippen molar-refractivity contribution in [2.45, 2.75) is 32.9 Å². The van der Waals surface area contributed by atoms with Crippen LogP contribution < -0.4 is 9.47 Å². The molecule has 0 atom stereocenters. The Bertz CT molecular complexity index is 655. The summed E-state index contributed by atoms with van der Waals surface area (Å²) in [5, 5.41) is 4.03. The van der Waals surface area contributed by atoms with Crippen molar-refractivity contribution in [2.24, 2.45) is 0 Å². The summed E-state index contributed by atoms with van der Waals surface area (Å²) in [4.78, 5) is 1.95. The predicted octanol–water partition coefficient (Wildman–Crippen LogP) is 3.59. The second-order valence-corrected chi connectivity index (χ2v) is 5.84. The Morgan fingerprint density at radius 3 is 2.35 bits per heavy atom. The summed E-state index contributed by atoms with van der Waals surface area (Å²) in [6, 6.07) is 4.93. The van der Waals surface area contributed by atoms with Gasteiger partial charge in [-0.25, -0.2) is 4.39 Å². The molecular formula is C17H23FN2O3. The largest absolute Gasteiger partial charge is 0.493 e. The Kier molecular flexibility index (Phi) is 5.60. The molecule has 1 aromatic heterocycles. The molecule has 0 radical (unpaired) electrons. The van der Waals surface area contributed by atoms with E-state index in [2.05, 4.69) is 19.0 Å². The van der Waals surface area contributed by atoms with Gasteiger partial charge in [-0.3, -0.25) is 4.90 Å². The van der Waals surface area contributed by atoms with E-state index in [1.807, 2.05) is 18.0 Å². The quantitative estimate of drug-likeness (QED) is 0.779. The number of hydrogen-bond donors (Lipinski definition) is 0. The van der Waals surface area contributed by atoms with Crippen LogP contribution in [0.25, 0.3) is 0 Å². The highest BCUT2D eigenvalue weighted by Crippen LogP contribution is 2.30. The molecule has 1 aromatic carbocycles. The Morgan fingerprint density at radius 1 is 1.13 bits per heavy atom. The molecule has 2 aromatic rings. The maximum atomic E-state index is 14.2. The molecule has 126 valence electrons. The Morgan fingerprint density at radius 2 is 1.78 bits per heavy atom. The fourth-order valence-corrected chi connectivity index (χ4v) is 2.31. The van der Waals surface area contributed by atoms with Crippen LogP contribution in [0.5, 0.6) is 11.5 Å². The lowest BCUT2D eigenvalue weighted by Gasteiger charge is -2.17. The Labute approximate surface area is 136 Å². The van der Waals surface area contributed by atoms with Gasteiger partial charge in [-0.1, -0.05) is 19.0 Å². The van der Waals surface area contributed by atoms with Crippen LogP contribution >= 0.6 is 0 Å². The van der Waals surface area contributed by atoms with Crippen LogP contribution in [0.15, 0.2) is 22.7 Å². The molecule has 5 nitrogen and oxygen atoms in total. The van der Waals surface area contributed by atoms with Gasteiger partial charge in [0.25, 0.3) is 0 Å². The van der Waals surface area contributed by atoms with Crippen LogP contribution in [0.2, 0.25) is 0 Å². The molecule has 0 amide bonds. The summed E-state index contributed by atoms with van der Waals surface area (Å²) in [7, 11) is 4.91. The predicted molar refractivity (Wildman–Crippen MR) is 85.3 cm³/mol. The third kappa shape index (κ3) is 4.22. The fraction of sp³-hybridized carbons (Fsp3) is 0.471. The van der Waals surface area contributed by atoms with Gasteiger partial charge in [0, 0.05) is 24.2 Å². The van der Waals surface area contributed by atoms with Gasteiger partial charge in [0.05, 0.1) is 26.5 Å². The second kappa shape index (κ2) is 7.46. The van der Waals surface area contributed by atoms with Crippen LogP contribution in [0.4, 0.5) is 4.39 Å². The summed E-state index contributed by atoms with van der Waals surface area (Å²) in [6.45, 7) is 5.09. The normalized spacial score (nSPS) is 11.3. The maximum absolute atomic E-state index is 14.2. The van der Waals surface area contributed by atoms with Crippen molar-refractivity contribution in [3.05, 3.63) is 41.0 Å². The van der Waals surface area contributed by atoms with Gasteiger partial charge in [0.15, 0.2) is 17.3 Å². The van der Waals surface area contributed by atoms with Gasteiger partial charge in [-0.15, -0.1) is 0 Å². The van der Waals surface area contributed by atoms with Crippen LogP contribution in [-0.2, 0) is 13.1 Å². The average Bonchev–Trinajstić information content (AvgIpc) is 2.97. The standard InChI is InChI=1S/C17H23FN2O3/c1-11(2)15-7-13(23-19-15)10-20(3)9-12-6-16(21-4)17(22-5)8-14(12)18/h6-8,11H,9-10H2,1-5H3. The second-order valence-electron chi connectivity index (χ2n) is 5.84. The van der Waals surface area contributed by atoms with Gasteiger partial charge < -0.3 is 14.0 Å². The minimum atomic E-state index is -0.324. The topological polar surface area (TPSA) is 47.7 Å². The van der Waals surface area contributed by atoms with E-state index in [0.717, 1.165) is 11.5 Å². The summed E-state index contributed by atoms with van der Waals surface area (Å²) >= 11 is 0. The van der Waals surface area contributed by atoms with Gasteiger partial charge >= 0.3 is 0 Å². The maximum Gasteiger partial charge on any atom is 0.163 e. The minimum absolute atomic E-state index is 0.320. The van der Waals surface area contributed by atoms with Gasteiger partial charge in [0.2, 0.25) is 0 Å². The third-order valence-corrected chi connectivity index (χ3v) is 3.59. The number of ether oxygens (including phenoxy) is 2. The molecule has 0 fully saturated rings. The summed E-state index contributed by atoms with van der Waals surface area (Å²) in [5.41, 5.74) is 1.46. The van der Waals surface area contributed by atoms with E-state index in [1.54, 1.807) is 6.07 Å². The van der Waals surface area contributed by atoms with Crippen molar-refractivity contribution in [3.8, 4) is 11.5 Å². The van der Waals surface area contributed by atoms with Crippen LogP contribution in [-0.4, -0.2) is 31.3 Å². The van der Waals surface area contributed by atoms with Crippen molar-refractivity contribution in [3.63, 3.8) is 0 Å². The first-order valence-corrected chi connectivity index (χ1v) is 7.49. The van der Waals surface area contributed by atoms with E-state index in [-0.39, 0.29) is 5.82 Å². The van der Waals surface area contributed by atoms with Crippen LogP contribution in [0.3, 0.4) is 0 Å². The molecule has 0 bridgehead atoms. The molecule has 0 aliphatic rings. The Hall–Kier alpha value is -2.08. The molecule has 0 aliphatic carbocycles. The van der Waals surface area contributed by atoms with E-state index in [9.17, 15) is 4.39 Å². The molecule has 0 saturated carbocycles. The number of hydrogen-bond acceptors (Lipinski definition) is 5. The molecule has 23 heavy (non-hydrogen) atoms. The number of aromatic nitrogens is 1. The van der Waals surface area contributed by atoms with E-state index >= 15 is 0 Å². The van der Waals surface area contributed by atoms with Gasteiger partial charge in [-0.05, 0) is 19.0 Å². The van der Waals surface area contributed by atoms with E-state index in [4.69, 9.17) is 14.0 Å².